The molecule has 1 amide bonds. The Hall–Kier alpha value is -2.82. The number of hydrogen-bond acceptors (Lipinski definition) is 3. The van der Waals surface area contributed by atoms with Crippen LogP contribution in [0.5, 0.6) is 5.75 Å². The zero-order valence-corrected chi connectivity index (χ0v) is 16.1. The molecule has 1 fully saturated rings. The number of imidazole rings is 1. The minimum atomic E-state index is -0.00582. The van der Waals surface area contributed by atoms with Crippen molar-refractivity contribution in [3.63, 3.8) is 0 Å². The van der Waals surface area contributed by atoms with Crippen LogP contribution in [0.25, 0.3) is 11.0 Å². The molecule has 140 valence electrons. The lowest BCUT2D eigenvalue weighted by Gasteiger charge is -2.23. The van der Waals surface area contributed by atoms with Crippen LogP contribution < -0.4 is 4.74 Å². The van der Waals surface area contributed by atoms with Gasteiger partial charge in [0.1, 0.15) is 11.6 Å². The molecule has 1 saturated heterocycles. The number of nitrogens with one attached hydrogen (secondary N) is 1. The Bertz CT molecular complexity index is 936. The molecule has 4 rings (SSSR count). The minimum absolute atomic E-state index is 0.00582. The number of fused-ring (bicyclic) bond motifs is 1. The van der Waals surface area contributed by atoms with E-state index in [2.05, 4.69) is 24.0 Å². The summed E-state index contributed by atoms with van der Waals surface area (Å²) in [6, 6.07) is 12.1. The standard InChI is InChI=1S/C22H25N3O2/c1-14-11-15(2)21(16(3)12-14)27-13-20(26)25-10-6-9-19(25)22-23-17-7-4-5-8-18(17)24-22/h4-5,7-8,11-12,19H,6,9-10,13H2,1-3H3,(H,23,24)/t19-/m0/s1. The minimum Gasteiger partial charge on any atom is -0.483 e. The van der Waals surface area contributed by atoms with Crippen molar-refractivity contribution in [2.45, 2.75) is 39.7 Å². The van der Waals surface area contributed by atoms with Crippen LogP contribution in [-0.2, 0) is 4.79 Å². The molecule has 1 N–H and O–H groups in total. The Morgan fingerprint density at radius 3 is 2.70 bits per heavy atom. The molecule has 0 radical (unpaired) electrons. The molecule has 1 aliphatic heterocycles. The number of rotatable bonds is 4. The molecule has 1 atom stereocenters. The van der Waals surface area contributed by atoms with Gasteiger partial charge in [0.25, 0.3) is 5.91 Å². The maximum atomic E-state index is 12.9. The van der Waals surface area contributed by atoms with E-state index in [1.165, 1.54) is 5.56 Å². The summed E-state index contributed by atoms with van der Waals surface area (Å²) < 4.78 is 5.92. The SMILES string of the molecule is Cc1cc(C)c(OCC(=O)N2CCC[C@H]2c2nc3ccccc3[nH]2)c(C)c1. The number of likely N-dealkylation sites (tertiary alicyclic amines) is 1. The second-order valence-corrected chi connectivity index (χ2v) is 7.40. The number of carbonyl (C=O) groups is 1. The third-order valence-corrected chi connectivity index (χ3v) is 5.24. The first-order chi connectivity index (χ1) is 13.0. The van der Waals surface area contributed by atoms with Crippen LogP contribution in [0, 0.1) is 20.8 Å². The molecule has 5 nitrogen and oxygen atoms in total. The molecular weight excluding hydrogens is 338 g/mol. The molecular formula is C22H25N3O2. The zero-order chi connectivity index (χ0) is 19.0. The van der Waals surface area contributed by atoms with Gasteiger partial charge in [-0.05, 0) is 56.9 Å². The quantitative estimate of drug-likeness (QED) is 0.755. The van der Waals surface area contributed by atoms with Gasteiger partial charge in [-0.1, -0.05) is 29.8 Å². The van der Waals surface area contributed by atoms with Gasteiger partial charge in [-0.25, -0.2) is 4.98 Å². The van der Waals surface area contributed by atoms with E-state index in [9.17, 15) is 4.79 Å². The lowest BCUT2D eigenvalue weighted by Crippen LogP contribution is -2.35. The van der Waals surface area contributed by atoms with Gasteiger partial charge in [0.2, 0.25) is 0 Å². The predicted molar refractivity (Wildman–Crippen MR) is 106 cm³/mol. The highest BCUT2D eigenvalue weighted by atomic mass is 16.5. The van der Waals surface area contributed by atoms with E-state index < -0.39 is 0 Å². The van der Waals surface area contributed by atoms with Gasteiger partial charge in [0, 0.05) is 6.54 Å². The van der Waals surface area contributed by atoms with Crippen LogP contribution >= 0.6 is 0 Å². The Balaban J connectivity index is 1.49. The molecule has 2 aromatic carbocycles. The van der Waals surface area contributed by atoms with Gasteiger partial charge >= 0.3 is 0 Å². The van der Waals surface area contributed by atoms with Crippen molar-refractivity contribution in [3.8, 4) is 5.75 Å². The van der Waals surface area contributed by atoms with E-state index in [0.29, 0.717) is 0 Å². The lowest BCUT2D eigenvalue weighted by molar-refractivity contribution is -0.134. The number of ether oxygens (including phenoxy) is 1. The lowest BCUT2D eigenvalue weighted by atomic mass is 10.1. The molecule has 1 aromatic heterocycles. The third-order valence-electron chi connectivity index (χ3n) is 5.24. The Morgan fingerprint density at radius 1 is 1.22 bits per heavy atom. The summed E-state index contributed by atoms with van der Waals surface area (Å²) in [5.74, 6) is 1.69. The van der Waals surface area contributed by atoms with Crippen molar-refractivity contribution in [2.75, 3.05) is 13.2 Å². The van der Waals surface area contributed by atoms with Crippen LogP contribution in [0.2, 0.25) is 0 Å². The van der Waals surface area contributed by atoms with E-state index in [-0.39, 0.29) is 18.6 Å². The van der Waals surface area contributed by atoms with Crippen molar-refractivity contribution in [3.05, 3.63) is 58.9 Å². The molecule has 2 heterocycles. The van der Waals surface area contributed by atoms with Crippen LogP contribution in [0.3, 0.4) is 0 Å². The van der Waals surface area contributed by atoms with Crippen molar-refractivity contribution in [1.29, 1.82) is 0 Å². The average Bonchev–Trinajstić information content (AvgIpc) is 3.27. The van der Waals surface area contributed by atoms with Crippen LogP contribution in [0.15, 0.2) is 36.4 Å². The number of amides is 1. The first-order valence-electron chi connectivity index (χ1n) is 9.47. The molecule has 27 heavy (non-hydrogen) atoms. The molecule has 3 aromatic rings. The van der Waals surface area contributed by atoms with Gasteiger partial charge in [0.15, 0.2) is 6.61 Å². The van der Waals surface area contributed by atoms with E-state index in [4.69, 9.17) is 9.72 Å². The van der Waals surface area contributed by atoms with Crippen LogP contribution in [-0.4, -0.2) is 33.9 Å². The maximum Gasteiger partial charge on any atom is 0.261 e. The fourth-order valence-electron chi connectivity index (χ4n) is 4.09. The van der Waals surface area contributed by atoms with E-state index >= 15 is 0 Å². The van der Waals surface area contributed by atoms with E-state index in [0.717, 1.165) is 53.1 Å². The highest BCUT2D eigenvalue weighted by Crippen LogP contribution is 2.32. The van der Waals surface area contributed by atoms with Crippen molar-refractivity contribution in [1.82, 2.24) is 14.9 Å². The summed E-state index contributed by atoms with van der Waals surface area (Å²) in [6.07, 6.45) is 1.91. The number of aryl methyl sites for hydroxylation is 3. The maximum absolute atomic E-state index is 12.9. The average molecular weight is 363 g/mol. The number of nitrogens with zero attached hydrogens (tertiary/aromatic N) is 2. The van der Waals surface area contributed by atoms with E-state index in [1.54, 1.807) is 0 Å². The molecule has 0 bridgehead atoms. The first kappa shape index (κ1) is 17.6. The summed E-state index contributed by atoms with van der Waals surface area (Å²) in [5.41, 5.74) is 5.28. The highest BCUT2D eigenvalue weighted by molar-refractivity contribution is 5.79. The second kappa shape index (κ2) is 7.06. The van der Waals surface area contributed by atoms with Crippen molar-refractivity contribution < 1.29 is 9.53 Å². The first-order valence-corrected chi connectivity index (χ1v) is 9.47. The van der Waals surface area contributed by atoms with Gasteiger partial charge in [-0.15, -0.1) is 0 Å². The monoisotopic (exact) mass is 363 g/mol. The summed E-state index contributed by atoms with van der Waals surface area (Å²) in [4.78, 5) is 22.8. The Morgan fingerprint density at radius 2 is 1.96 bits per heavy atom. The number of hydrogen-bond donors (Lipinski definition) is 1. The third kappa shape index (κ3) is 3.42. The molecule has 5 heteroatoms. The predicted octanol–water partition coefficient (Wildman–Crippen LogP) is 4.23. The van der Waals surface area contributed by atoms with Gasteiger partial charge < -0.3 is 14.6 Å². The van der Waals surface area contributed by atoms with Gasteiger partial charge in [-0.3, -0.25) is 4.79 Å². The fourth-order valence-corrected chi connectivity index (χ4v) is 4.09. The molecule has 0 saturated carbocycles. The molecule has 0 unspecified atom stereocenters. The number of aromatic amines is 1. The number of carbonyl (C=O) groups excluding carboxylic acids is 1. The summed E-state index contributed by atoms with van der Waals surface area (Å²) in [6.45, 7) is 6.91. The highest BCUT2D eigenvalue weighted by Gasteiger charge is 2.32. The largest absolute Gasteiger partial charge is 0.483 e. The van der Waals surface area contributed by atoms with Crippen LogP contribution in [0.4, 0.5) is 0 Å². The molecule has 0 spiro atoms. The number of aromatic nitrogens is 2. The Labute approximate surface area is 159 Å². The normalized spacial score (nSPS) is 16.9. The number of para-hydroxylation sites is 2. The summed E-state index contributed by atoms with van der Waals surface area (Å²) in [5, 5.41) is 0. The van der Waals surface area contributed by atoms with Gasteiger partial charge in [-0.2, -0.15) is 0 Å². The zero-order valence-electron chi connectivity index (χ0n) is 16.1. The van der Waals surface area contributed by atoms with Crippen molar-refractivity contribution in [2.24, 2.45) is 0 Å². The smallest absolute Gasteiger partial charge is 0.261 e. The second-order valence-electron chi connectivity index (χ2n) is 7.40. The molecule has 1 aliphatic rings. The fraction of sp³-hybridized carbons (Fsp3) is 0.364. The summed E-state index contributed by atoms with van der Waals surface area (Å²) in [7, 11) is 0. The Kier molecular flexibility index (Phi) is 4.60. The van der Waals surface area contributed by atoms with Gasteiger partial charge in [0.05, 0.1) is 17.1 Å². The van der Waals surface area contributed by atoms with Crippen molar-refractivity contribution >= 4 is 16.9 Å². The van der Waals surface area contributed by atoms with Crippen LogP contribution in [0.1, 0.15) is 41.4 Å². The summed E-state index contributed by atoms with van der Waals surface area (Å²) >= 11 is 0. The van der Waals surface area contributed by atoms with E-state index in [1.807, 2.05) is 43.0 Å². The number of H-pyrrole nitrogens is 1. The topological polar surface area (TPSA) is 58.2 Å². The molecule has 0 aliphatic carbocycles. The number of benzene rings is 2.